The summed E-state index contributed by atoms with van der Waals surface area (Å²) in [5.41, 5.74) is 40.7. The highest BCUT2D eigenvalue weighted by molar-refractivity contribution is 5.17. The summed E-state index contributed by atoms with van der Waals surface area (Å²) in [4.78, 5) is 2.23. The Kier molecular flexibility index (Phi) is 13.0. The maximum Gasteiger partial charge on any atom is 0.0953 e. The molecule has 2 aromatic carbocycles. The van der Waals surface area contributed by atoms with E-state index in [2.05, 4.69) is 122 Å². The van der Waals surface area contributed by atoms with Gasteiger partial charge in [-0.1, -0.05) is 72.1 Å². The van der Waals surface area contributed by atoms with Gasteiger partial charge in [0.25, 0.3) is 0 Å². The third-order valence-corrected chi connectivity index (χ3v) is 4.69. The van der Waals surface area contributed by atoms with Gasteiger partial charge in [0.15, 0.2) is 0 Å². The number of benzene rings is 2. The highest BCUT2D eigenvalue weighted by atomic mass is 16.3. The lowest BCUT2D eigenvalue weighted by Gasteiger charge is -2.31. The van der Waals surface area contributed by atoms with Gasteiger partial charge in [-0.15, -0.1) is 0 Å². The van der Waals surface area contributed by atoms with Crippen LogP contribution in [0.2, 0.25) is 0 Å². The summed E-state index contributed by atoms with van der Waals surface area (Å²) in [6, 6.07) is 20.3. The Balaban J connectivity index is -0.0000000575. The van der Waals surface area contributed by atoms with Crippen molar-refractivity contribution >= 4 is 0 Å². The fraction of sp³-hybridized carbons (Fsp3) is 0.147. The van der Waals surface area contributed by atoms with E-state index < -0.39 is 6.10 Å². The quantitative estimate of drug-likeness (QED) is 0.386. The second kappa shape index (κ2) is 17.3. The second-order valence-corrected chi connectivity index (χ2v) is 7.22. The molecule has 1 N–H and O–H groups in total. The maximum absolute atomic E-state index is 10.7. The van der Waals surface area contributed by atoms with E-state index in [-0.39, 0.29) is 30.3 Å². The molecule has 0 aromatic heterocycles. The Morgan fingerprint density at radius 3 is 1.50 bits per heavy atom. The lowest BCUT2D eigenvalue weighted by Crippen LogP contribution is -2.39. The molecular weight excluding hydrogens is 438 g/mol. The predicted octanol–water partition coefficient (Wildman–Crippen LogP) is 10.1. The summed E-state index contributed by atoms with van der Waals surface area (Å²) in [5.74, 6) is 0. The third-order valence-electron chi connectivity index (χ3n) is 4.69. The highest BCUT2D eigenvalue weighted by Gasteiger charge is 2.20. The van der Waals surface area contributed by atoms with Crippen LogP contribution in [0.15, 0.2) is 159 Å². The van der Waals surface area contributed by atoms with Crippen LogP contribution in [0.1, 0.15) is 42.3 Å². The van der Waals surface area contributed by atoms with E-state index in [9.17, 15) is 5.11 Å². The summed E-state index contributed by atoms with van der Waals surface area (Å²) < 4.78 is 0. The molecule has 0 bridgehead atoms. The van der Waals surface area contributed by atoms with Crippen LogP contribution < -0.4 is 0 Å². The fourth-order valence-corrected chi connectivity index (χ4v) is 2.89. The Hall–Kier alpha value is -5.20. The van der Waals surface area contributed by atoms with Gasteiger partial charge in [-0.3, -0.25) is 4.90 Å². The van der Waals surface area contributed by atoms with E-state index in [0.29, 0.717) is 13.1 Å². The zero-order chi connectivity index (χ0) is 25.7. The second-order valence-electron chi connectivity index (χ2n) is 7.22. The predicted molar refractivity (Wildman–Crippen MR) is 176 cm³/mol. The van der Waals surface area contributed by atoms with Crippen molar-refractivity contribution in [1.29, 1.82) is 0 Å². The van der Waals surface area contributed by atoms with Crippen LogP contribution in [0.25, 0.3) is 0 Å². The van der Waals surface area contributed by atoms with E-state index in [0.717, 1.165) is 0 Å². The highest BCUT2D eigenvalue weighted by Crippen LogP contribution is 2.16. The average molecular weight is 496 g/mol. The molecule has 0 heterocycles. The SMILES string of the molecule is C=C=C=C=C=C=C=C=C=C=C=C=C=C=C=C=C[C@H](O)[C@H](C)N(Cc1ccccc1)Cc1ccccc1.[HH].[HH].[HH].[HH].[HH].[HH].[HH].[HH].[HH].[HH].[HH].[HH].[HH].[HH].[HH].[HH].[HH]. The molecule has 2 rings (SSSR count). The molecule has 0 aliphatic rings. The minimum atomic E-state index is -0.744. The Morgan fingerprint density at radius 1 is 0.694 bits per heavy atom. The van der Waals surface area contributed by atoms with Gasteiger partial charge in [-0.05, 0) is 105 Å². The first-order valence-electron chi connectivity index (χ1n) is 11.1. The van der Waals surface area contributed by atoms with Gasteiger partial charge < -0.3 is 5.11 Å². The standard InChI is InChI=1S/C34H23NO.17H2/c1-3-4-5-6-7-8-9-10-11-12-13-14-15-16-23-28-34(36)31(2)35(29-32-24-19-17-20-25-32)30-33-26-21-18-22-27-33;;;;;;;;;;;;;;;;;/h17-22,24-28,31,34,36H,1,29-30H2,2H3;17*1H/t31-,34-;;;;;;;;;;;;;;;;;/m0................./s1. The summed E-state index contributed by atoms with van der Waals surface area (Å²) in [7, 11) is 0. The molecule has 0 saturated heterocycles. The minimum Gasteiger partial charge on any atom is -0.387 e. The van der Waals surface area contributed by atoms with Crippen LogP contribution in [0, 0.1) is 0 Å². The normalized spacial score (nSPS) is 9.75. The molecule has 36 heavy (non-hydrogen) atoms. The van der Waals surface area contributed by atoms with Gasteiger partial charge in [-0.2, -0.15) is 0 Å². The molecule has 0 amide bonds. The van der Waals surface area contributed by atoms with Crippen molar-refractivity contribution in [2.75, 3.05) is 0 Å². The summed E-state index contributed by atoms with van der Waals surface area (Å²) in [6.45, 7) is 6.75. The zero-order valence-corrected chi connectivity index (χ0v) is 20.0. The molecule has 0 radical (unpaired) electrons. The third kappa shape index (κ3) is 11.6. The van der Waals surface area contributed by atoms with E-state index in [1.54, 1.807) is 6.08 Å². The first kappa shape index (κ1) is 27.0. The van der Waals surface area contributed by atoms with Crippen molar-refractivity contribution in [2.45, 2.75) is 32.2 Å². The van der Waals surface area contributed by atoms with Crippen LogP contribution in [0.4, 0.5) is 0 Å². The van der Waals surface area contributed by atoms with Crippen molar-refractivity contribution in [1.82, 2.24) is 4.90 Å². The largest absolute Gasteiger partial charge is 0.387 e. The van der Waals surface area contributed by atoms with E-state index in [1.807, 2.05) is 43.3 Å². The number of aliphatic hydroxyl groups excluding tert-OH is 1. The van der Waals surface area contributed by atoms with Crippen molar-refractivity contribution in [3.63, 3.8) is 0 Å². The minimum absolute atomic E-state index is 0. The van der Waals surface area contributed by atoms with Gasteiger partial charge in [0.05, 0.1) is 6.10 Å². The van der Waals surface area contributed by atoms with Gasteiger partial charge in [0.1, 0.15) is 0 Å². The average Bonchev–Trinajstić information content (AvgIpc) is 2.91. The monoisotopic (exact) mass is 495 g/mol. The Bertz CT molecular complexity index is 1610. The molecule has 0 saturated carbocycles. The Labute approximate surface area is 237 Å². The molecule has 2 nitrogen and oxygen atoms in total. The van der Waals surface area contributed by atoms with Crippen LogP contribution in [-0.4, -0.2) is 22.2 Å². The van der Waals surface area contributed by atoms with Crippen molar-refractivity contribution in [2.24, 2.45) is 0 Å². The van der Waals surface area contributed by atoms with E-state index in [1.165, 1.54) is 11.1 Å². The van der Waals surface area contributed by atoms with Crippen molar-refractivity contribution in [3.05, 3.63) is 170 Å². The molecule has 0 aliphatic heterocycles. The molecule has 0 aliphatic carbocycles. The smallest absolute Gasteiger partial charge is 0.0953 e. The van der Waals surface area contributed by atoms with Gasteiger partial charge >= 0.3 is 0 Å². The molecule has 2 heteroatoms. The number of rotatable bonds is 7. The first-order chi connectivity index (χ1) is 17.7. The van der Waals surface area contributed by atoms with Crippen molar-refractivity contribution < 1.29 is 29.4 Å². The lowest BCUT2D eigenvalue weighted by molar-refractivity contribution is 0.0781. The molecule has 2 atom stereocenters. The lowest BCUT2D eigenvalue weighted by atomic mass is 10.1. The van der Waals surface area contributed by atoms with Crippen LogP contribution in [-0.2, 0) is 13.1 Å². The summed E-state index contributed by atoms with van der Waals surface area (Å²) in [6.07, 6.45) is 0.815. The summed E-state index contributed by atoms with van der Waals surface area (Å²) in [5, 5.41) is 10.7. The fourth-order valence-electron chi connectivity index (χ4n) is 2.89. The molecule has 204 valence electrons. The number of hydrogen-bond donors (Lipinski definition) is 1. The molecule has 0 spiro atoms. The number of nitrogens with zero attached hydrogens (tertiary/aromatic N) is 1. The van der Waals surface area contributed by atoms with E-state index in [4.69, 9.17) is 0 Å². The molecule has 0 unspecified atom stereocenters. The maximum atomic E-state index is 10.7. The number of aliphatic hydroxyl groups is 1. The first-order valence-corrected chi connectivity index (χ1v) is 11.1. The summed E-state index contributed by atoms with van der Waals surface area (Å²) >= 11 is 0. The Morgan fingerprint density at radius 2 is 1.08 bits per heavy atom. The van der Waals surface area contributed by atoms with E-state index >= 15 is 0 Å². The topological polar surface area (TPSA) is 23.5 Å². The molecular formula is C34H57NO. The van der Waals surface area contributed by atoms with Crippen LogP contribution in [0.3, 0.4) is 0 Å². The zero-order valence-electron chi connectivity index (χ0n) is 20.0. The van der Waals surface area contributed by atoms with Crippen molar-refractivity contribution in [3.8, 4) is 0 Å². The molecule has 2 aromatic rings. The molecule has 0 fully saturated rings. The van der Waals surface area contributed by atoms with Gasteiger partial charge in [0.2, 0.25) is 0 Å². The van der Waals surface area contributed by atoms with Gasteiger partial charge in [-0.25, -0.2) is 0 Å². The van der Waals surface area contributed by atoms with Crippen LogP contribution >= 0.6 is 0 Å². The van der Waals surface area contributed by atoms with Crippen LogP contribution in [0.5, 0.6) is 0 Å². The van der Waals surface area contributed by atoms with Gasteiger partial charge in [0, 0.05) is 43.4 Å². The number of hydrogen-bond acceptors (Lipinski definition) is 2.